The minimum atomic E-state index is 0.414. The van der Waals surface area contributed by atoms with Gasteiger partial charge in [0.2, 0.25) is 0 Å². The summed E-state index contributed by atoms with van der Waals surface area (Å²) in [5, 5.41) is 0. The summed E-state index contributed by atoms with van der Waals surface area (Å²) in [4.78, 5) is 0. The van der Waals surface area contributed by atoms with Gasteiger partial charge in [-0.1, -0.05) is 55.4 Å². The van der Waals surface area contributed by atoms with Gasteiger partial charge >= 0.3 is 0 Å². The second-order valence-electron chi connectivity index (χ2n) is 9.09. The van der Waals surface area contributed by atoms with Gasteiger partial charge in [0.25, 0.3) is 0 Å². The van der Waals surface area contributed by atoms with Gasteiger partial charge in [0, 0.05) is 0 Å². The molecule has 2 unspecified atom stereocenters. The largest absolute Gasteiger partial charge is 0.473 e. The number of hydrogen-bond acceptors (Lipinski definition) is 1. The van der Waals surface area contributed by atoms with E-state index in [0.29, 0.717) is 22.7 Å². The monoisotopic (exact) mass is 294 g/mol. The first-order chi connectivity index (χ1) is 9.49. The molecule has 0 aliphatic heterocycles. The predicted octanol–water partition coefficient (Wildman–Crippen LogP) is 6.96. The fourth-order valence-corrected chi connectivity index (χ4v) is 2.99. The van der Waals surface area contributed by atoms with Gasteiger partial charge in [0.1, 0.15) is 0 Å². The van der Waals surface area contributed by atoms with Gasteiger partial charge in [0.05, 0.1) is 12.5 Å². The van der Waals surface area contributed by atoms with Crippen molar-refractivity contribution in [2.45, 2.75) is 81.1 Å². The second kappa shape index (κ2) is 9.33. The Balaban J connectivity index is 3.79. The van der Waals surface area contributed by atoms with Crippen LogP contribution >= 0.6 is 0 Å². The van der Waals surface area contributed by atoms with Gasteiger partial charge in [-0.05, 0) is 60.5 Å². The van der Waals surface area contributed by atoms with Gasteiger partial charge in [0.15, 0.2) is 0 Å². The Morgan fingerprint density at radius 2 is 1.05 bits per heavy atom. The van der Waals surface area contributed by atoms with Crippen molar-refractivity contribution in [2.75, 3.05) is 0 Å². The van der Waals surface area contributed by atoms with Crippen LogP contribution in [-0.2, 0) is 4.74 Å². The first kappa shape index (κ1) is 20.3. The van der Waals surface area contributed by atoms with Gasteiger partial charge in [-0.25, -0.2) is 0 Å². The smallest absolute Gasteiger partial charge is 0.0861 e. The minimum Gasteiger partial charge on any atom is -0.473 e. The van der Waals surface area contributed by atoms with Crippen molar-refractivity contribution < 1.29 is 4.74 Å². The number of allylic oxidation sites excluding steroid dienone is 2. The molecule has 124 valence electrons. The lowest BCUT2D eigenvalue weighted by molar-refractivity contribution is 0.305. The molecule has 0 aliphatic rings. The van der Waals surface area contributed by atoms with Crippen LogP contribution in [0.2, 0.25) is 0 Å². The van der Waals surface area contributed by atoms with Crippen molar-refractivity contribution in [1.82, 2.24) is 0 Å². The summed E-state index contributed by atoms with van der Waals surface area (Å²) in [6, 6.07) is 0. The van der Waals surface area contributed by atoms with Crippen LogP contribution < -0.4 is 0 Å². The normalized spacial score (nSPS) is 16.6. The summed E-state index contributed by atoms with van der Waals surface area (Å²) in [5.74, 6) is 1.42. The highest BCUT2D eigenvalue weighted by atomic mass is 16.5. The number of hydrogen-bond donors (Lipinski definition) is 0. The summed E-state index contributed by atoms with van der Waals surface area (Å²) < 4.78 is 5.43. The molecular formula is C20H38O. The fourth-order valence-electron chi connectivity index (χ4n) is 2.99. The molecule has 0 spiro atoms. The molecule has 0 aromatic carbocycles. The second-order valence-corrected chi connectivity index (χ2v) is 9.09. The summed E-state index contributed by atoms with van der Waals surface area (Å²) in [6.07, 6.45) is 12.6. The van der Waals surface area contributed by atoms with Crippen LogP contribution in [0.25, 0.3) is 0 Å². The van der Waals surface area contributed by atoms with Crippen molar-refractivity contribution in [3.8, 4) is 0 Å². The molecule has 0 amide bonds. The highest BCUT2D eigenvalue weighted by Crippen LogP contribution is 2.26. The Kier molecular flexibility index (Phi) is 9.01. The predicted molar refractivity (Wildman–Crippen MR) is 95.1 cm³/mol. The average Bonchev–Trinajstić information content (AvgIpc) is 2.22. The van der Waals surface area contributed by atoms with Crippen LogP contribution in [0.15, 0.2) is 24.7 Å². The third-order valence-electron chi connectivity index (χ3n) is 3.35. The van der Waals surface area contributed by atoms with Gasteiger partial charge in [-0.3, -0.25) is 0 Å². The molecule has 0 aliphatic carbocycles. The first-order valence-electron chi connectivity index (χ1n) is 8.45. The SMILES string of the molecule is CC(CC=COC=CCC(C)CC(C)(C)C)CC(C)(C)C. The third kappa shape index (κ3) is 15.5. The van der Waals surface area contributed by atoms with Crippen molar-refractivity contribution in [2.24, 2.45) is 22.7 Å². The summed E-state index contributed by atoms with van der Waals surface area (Å²) in [7, 11) is 0. The molecule has 21 heavy (non-hydrogen) atoms. The summed E-state index contributed by atoms with van der Waals surface area (Å²) >= 11 is 0. The molecule has 0 saturated carbocycles. The van der Waals surface area contributed by atoms with E-state index in [0.717, 1.165) is 12.8 Å². The minimum absolute atomic E-state index is 0.414. The van der Waals surface area contributed by atoms with Crippen molar-refractivity contribution in [3.63, 3.8) is 0 Å². The molecule has 0 radical (unpaired) electrons. The molecule has 0 heterocycles. The molecule has 0 aromatic heterocycles. The van der Waals surface area contributed by atoms with Crippen molar-refractivity contribution in [1.29, 1.82) is 0 Å². The van der Waals surface area contributed by atoms with E-state index in [9.17, 15) is 0 Å². The van der Waals surface area contributed by atoms with E-state index in [1.54, 1.807) is 0 Å². The maximum atomic E-state index is 5.43. The Bertz CT molecular complexity index is 280. The van der Waals surface area contributed by atoms with E-state index < -0.39 is 0 Å². The fraction of sp³-hybridized carbons (Fsp3) is 0.800. The summed E-state index contributed by atoms with van der Waals surface area (Å²) in [5.41, 5.74) is 0.828. The van der Waals surface area contributed by atoms with Crippen LogP contribution in [0.3, 0.4) is 0 Å². The van der Waals surface area contributed by atoms with Gasteiger partial charge in [-0.2, -0.15) is 0 Å². The zero-order valence-electron chi connectivity index (χ0n) is 15.7. The lowest BCUT2D eigenvalue weighted by Crippen LogP contribution is -2.10. The molecule has 0 N–H and O–H groups in total. The Labute approximate surface area is 133 Å². The van der Waals surface area contributed by atoms with Crippen LogP contribution in [0.1, 0.15) is 81.1 Å². The third-order valence-corrected chi connectivity index (χ3v) is 3.35. The molecule has 1 nitrogen and oxygen atoms in total. The molecular weight excluding hydrogens is 256 g/mol. The van der Waals surface area contributed by atoms with Crippen molar-refractivity contribution in [3.05, 3.63) is 24.7 Å². The van der Waals surface area contributed by atoms with E-state index in [1.807, 2.05) is 12.5 Å². The topological polar surface area (TPSA) is 9.23 Å². The molecule has 0 rings (SSSR count). The highest BCUT2D eigenvalue weighted by molar-refractivity contribution is 4.83. The van der Waals surface area contributed by atoms with E-state index >= 15 is 0 Å². The van der Waals surface area contributed by atoms with Crippen LogP contribution in [0.4, 0.5) is 0 Å². The van der Waals surface area contributed by atoms with Crippen molar-refractivity contribution >= 4 is 0 Å². The number of ether oxygens (including phenoxy) is 1. The Hall–Kier alpha value is -0.720. The van der Waals surface area contributed by atoms with E-state index in [-0.39, 0.29) is 0 Å². The Morgan fingerprint density at radius 3 is 1.33 bits per heavy atom. The zero-order valence-corrected chi connectivity index (χ0v) is 15.7. The lowest BCUT2D eigenvalue weighted by atomic mass is 9.84. The standard InChI is InChI=1S/C20H38O/c1-17(15-19(3,4)5)11-9-13-21-14-10-12-18(2)16-20(6,7)8/h9-10,13-14,17-18H,11-12,15-16H2,1-8H3. The molecule has 0 saturated heterocycles. The zero-order chi connectivity index (χ0) is 16.5. The van der Waals surface area contributed by atoms with E-state index in [2.05, 4.69) is 67.5 Å². The van der Waals surface area contributed by atoms with Crippen LogP contribution in [0.5, 0.6) is 0 Å². The highest BCUT2D eigenvalue weighted by Gasteiger charge is 2.14. The molecule has 1 heteroatoms. The summed E-state index contributed by atoms with van der Waals surface area (Å²) in [6.45, 7) is 18.4. The molecule has 2 atom stereocenters. The molecule has 0 aromatic rings. The van der Waals surface area contributed by atoms with Crippen LogP contribution in [0, 0.1) is 22.7 Å². The Morgan fingerprint density at radius 1 is 0.714 bits per heavy atom. The lowest BCUT2D eigenvalue weighted by Gasteiger charge is -2.22. The maximum Gasteiger partial charge on any atom is 0.0861 e. The van der Waals surface area contributed by atoms with E-state index in [4.69, 9.17) is 4.74 Å². The van der Waals surface area contributed by atoms with Gasteiger partial charge in [-0.15, -0.1) is 0 Å². The van der Waals surface area contributed by atoms with Gasteiger partial charge < -0.3 is 4.74 Å². The number of rotatable bonds is 8. The van der Waals surface area contributed by atoms with E-state index in [1.165, 1.54) is 12.8 Å². The first-order valence-corrected chi connectivity index (χ1v) is 8.45. The average molecular weight is 295 g/mol. The molecule has 0 fully saturated rings. The molecule has 0 bridgehead atoms. The van der Waals surface area contributed by atoms with Crippen LogP contribution in [-0.4, -0.2) is 0 Å². The maximum absolute atomic E-state index is 5.43. The quantitative estimate of drug-likeness (QED) is 0.440.